The van der Waals surface area contributed by atoms with Crippen molar-refractivity contribution >= 4 is 46.8 Å². The van der Waals surface area contributed by atoms with E-state index >= 15 is 0 Å². The van der Waals surface area contributed by atoms with Crippen LogP contribution in [-0.4, -0.2) is 31.5 Å². The van der Waals surface area contributed by atoms with Crippen LogP contribution in [0.4, 0.5) is 11.4 Å². The maximum atomic E-state index is 13.4. The number of ether oxygens (including phenoxy) is 2. The molecular weight excluding hydrogens is 492 g/mol. The highest BCUT2D eigenvalue weighted by Gasteiger charge is 2.37. The van der Waals surface area contributed by atoms with Crippen molar-refractivity contribution in [3.63, 3.8) is 0 Å². The van der Waals surface area contributed by atoms with E-state index in [9.17, 15) is 14.4 Å². The highest BCUT2D eigenvalue weighted by molar-refractivity contribution is 6.33. The molecule has 0 saturated heterocycles. The number of esters is 1. The second-order valence-electron chi connectivity index (χ2n) is 8.37. The first-order chi connectivity index (χ1) is 17.8. The van der Waals surface area contributed by atoms with Gasteiger partial charge in [0, 0.05) is 11.4 Å². The largest absolute Gasteiger partial charge is 0.484 e. The monoisotopic (exact) mass is 516 g/mol. The highest BCUT2D eigenvalue weighted by atomic mass is 35.5. The summed E-state index contributed by atoms with van der Waals surface area (Å²) in [6, 6.07) is 21.2. The number of rotatable bonds is 7. The minimum Gasteiger partial charge on any atom is -0.484 e. The Balaban J connectivity index is 1.50. The Morgan fingerprint density at radius 3 is 2.30 bits per heavy atom. The second-order valence-corrected chi connectivity index (χ2v) is 8.78. The number of benzene rings is 3. The number of nitrogens with one attached hydrogen (secondary N) is 1. The molecule has 188 valence electrons. The number of para-hydroxylation sites is 1. The number of hydrogen-bond acceptors (Lipinski definition) is 5. The van der Waals surface area contributed by atoms with Crippen LogP contribution in [0.15, 0.2) is 89.6 Å². The lowest BCUT2D eigenvalue weighted by Gasteiger charge is -2.18. The van der Waals surface area contributed by atoms with E-state index in [2.05, 4.69) is 5.32 Å². The van der Waals surface area contributed by atoms with E-state index in [1.807, 2.05) is 31.2 Å². The first-order valence-electron chi connectivity index (χ1n) is 11.5. The lowest BCUT2D eigenvalue weighted by atomic mass is 10.0. The third-order valence-electron chi connectivity index (χ3n) is 5.79. The van der Waals surface area contributed by atoms with E-state index in [0.29, 0.717) is 33.4 Å². The molecule has 0 aromatic heterocycles. The molecule has 1 aliphatic heterocycles. The average molecular weight is 517 g/mol. The number of amides is 2. The van der Waals surface area contributed by atoms with Gasteiger partial charge in [-0.3, -0.25) is 14.5 Å². The van der Waals surface area contributed by atoms with E-state index in [-0.39, 0.29) is 29.6 Å². The number of halogens is 1. The number of carbonyl (C=O) groups excluding carboxylic acids is 3. The van der Waals surface area contributed by atoms with E-state index < -0.39 is 5.97 Å². The Morgan fingerprint density at radius 2 is 1.65 bits per heavy atom. The van der Waals surface area contributed by atoms with Crippen molar-refractivity contribution in [3.05, 3.63) is 106 Å². The maximum absolute atomic E-state index is 13.4. The summed E-state index contributed by atoms with van der Waals surface area (Å²) in [5.41, 5.74) is 3.85. The fourth-order valence-corrected chi connectivity index (χ4v) is 4.09. The molecule has 0 unspecified atom stereocenters. The molecule has 1 heterocycles. The summed E-state index contributed by atoms with van der Waals surface area (Å²) in [6.07, 6.45) is 1.64. The Bertz CT molecular complexity index is 1410. The van der Waals surface area contributed by atoms with Crippen molar-refractivity contribution in [1.82, 2.24) is 0 Å². The summed E-state index contributed by atoms with van der Waals surface area (Å²) in [5.74, 6) is -0.791. The van der Waals surface area contributed by atoms with Crippen LogP contribution in [0.25, 0.3) is 6.08 Å². The molecule has 0 atom stereocenters. The number of hydrogen-bond donors (Lipinski definition) is 1. The number of aryl methyl sites for hydroxylation is 1. The first-order valence-corrected chi connectivity index (χ1v) is 11.9. The third kappa shape index (κ3) is 5.73. The molecule has 2 amide bonds. The van der Waals surface area contributed by atoms with Gasteiger partial charge in [0.2, 0.25) is 0 Å². The van der Waals surface area contributed by atoms with Gasteiger partial charge < -0.3 is 14.8 Å². The van der Waals surface area contributed by atoms with E-state index in [1.54, 1.807) is 61.5 Å². The molecule has 8 heteroatoms. The molecule has 0 fully saturated rings. The zero-order valence-electron chi connectivity index (χ0n) is 20.6. The Hall–Kier alpha value is -4.36. The molecule has 0 saturated carbocycles. The summed E-state index contributed by atoms with van der Waals surface area (Å²) in [4.78, 5) is 39.7. The number of methoxy groups -OCH3 is 1. The number of carbonyl (C=O) groups is 3. The molecule has 0 spiro atoms. The summed E-state index contributed by atoms with van der Waals surface area (Å²) in [5, 5.41) is 3.13. The molecule has 0 bridgehead atoms. The first kappa shape index (κ1) is 25.7. The predicted octanol–water partition coefficient (Wildman–Crippen LogP) is 5.54. The van der Waals surface area contributed by atoms with Crippen LogP contribution in [0.1, 0.15) is 18.1 Å². The van der Waals surface area contributed by atoms with Gasteiger partial charge in [-0.25, -0.2) is 4.79 Å². The molecule has 4 rings (SSSR count). The van der Waals surface area contributed by atoms with Gasteiger partial charge in [-0.2, -0.15) is 0 Å². The number of anilines is 2. The van der Waals surface area contributed by atoms with Crippen molar-refractivity contribution in [2.75, 3.05) is 23.9 Å². The molecule has 3 aromatic rings. The van der Waals surface area contributed by atoms with Gasteiger partial charge in [-0.1, -0.05) is 53.6 Å². The fraction of sp³-hybridized carbons (Fsp3) is 0.138. The van der Waals surface area contributed by atoms with Crippen LogP contribution in [0.5, 0.6) is 5.75 Å². The second kappa shape index (κ2) is 11.1. The van der Waals surface area contributed by atoms with Gasteiger partial charge in [-0.15, -0.1) is 0 Å². The minimum absolute atomic E-state index is 0.204. The van der Waals surface area contributed by atoms with E-state index in [4.69, 9.17) is 21.1 Å². The third-order valence-corrected chi connectivity index (χ3v) is 6.12. The molecule has 1 aliphatic rings. The molecule has 1 N–H and O–H groups in total. The maximum Gasteiger partial charge on any atom is 0.340 e. The van der Waals surface area contributed by atoms with Crippen molar-refractivity contribution in [2.45, 2.75) is 13.8 Å². The Labute approximate surface area is 219 Å². The van der Waals surface area contributed by atoms with Crippen molar-refractivity contribution < 1.29 is 23.9 Å². The van der Waals surface area contributed by atoms with Crippen molar-refractivity contribution in [2.24, 2.45) is 0 Å². The molecule has 37 heavy (non-hydrogen) atoms. The van der Waals surface area contributed by atoms with Gasteiger partial charge in [-0.05, 0) is 61.9 Å². The van der Waals surface area contributed by atoms with Crippen LogP contribution in [0.2, 0.25) is 5.02 Å². The van der Waals surface area contributed by atoms with E-state index in [0.717, 1.165) is 5.56 Å². The van der Waals surface area contributed by atoms with E-state index in [1.165, 1.54) is 12.0 Å². The molecule has 0 radical (unpaired) electrons. The summed E-state index contributed by atoms with van der Waals surface area (Å²) >= 11 is 6.06. The SMILES string of the molecule is COC(=O)C1=C(C)N(c2ccc(C)cc2)C(=O)/C1=C\c1ccc(OCC(=O)Nc2ccccc2Cl)cc1. The summed E-state index contributed by atoms with van der Waals surface area (Å²) < 4.78 is 10.5. The van der Waals surface area contributed by atoms with Gasteiger partial charge in [0.1, 0.15) is 5.75 Å². The number of nitrogens with zero attached hydrogens (tertiary/aromatic N) is 1. The highest BCUT2D eigenvalue weighted by Crippen LogP contribution is 2.35. The van der Waals surface area contributed by atoms with Crippen LogP contribution in [0, 0.1) is 6.92 Å². The fourth-order valence-electron chi connectivity index (χ4n) is 3.91. The molecule has 3 aromatic carbocycles. The van der Waals surface area contributed by atoms with Gasteiger partial charge in [0.25, 0.3) is 11.8 Å². The minimum atomic E-state index is -0.587. The topological polar surface area (TPSA) is 84.9 Å². The van der Waals surface area contributed by atoms with Gasteiger partial charge in [0.05, 0.1) is 29.0 Å². The Kier molecular flexibility index (Phi) is 7.74. The van der Waals surface area contributed by atoms with Gasteiger partial charge in [0.15, 0.2) is 6.61 Å². The molecule has 0 aliphatic carbocycles. The van der Waals surface area contributed by atoms with Crippen LogP contribution >= 0.6 is 11.6 Å². The van der Waals surface area contributed by atoms with Crippen LogP contribution in [0.3, 0.4) is 0 Å². The van der Waals surface area contributed by atoms with Gasteiger partial charge >= 0.3 is 5.97 Å². The summed E-state index contributed by atoms with van der Waals surface area (Å²) in [6.45, 7) is 3.47. The quantitative estimate of drug-likeness (QED) is 0.329. The standard InChI is InChI=1S/C29H25ClN2O5/c1-18-8-12-21(13-9-18)32-19(2)27(29(35)36-3)23(28(32)34)16-20-10-14-22(15-11-20)37-17-26(33)31-25-7-5-4-6-24(25)30/h4-16H,17H2,1-3H3,(H,31,33)/b23-16-. The van der Waals surface area contributed by atoms with Crippen LogP contribution < -0.4 is 15.0 Å². The number of allylic oxidation sites excluding steroid dienone is 1. The van der Waals surface area contributed by atoms with Crippen molar-refractivity contribution in [3.8, 4) is 5.75 Å². The molecular formula is C29H25ClN2O5. The predicted molar refractivity (Wildman–Crippen MR) is 143 cm³/mol. The summed E-state index contributed by atoms with van der Waals surface area (Å²) in [7, 11) is 1.28. The van der Waals surface area contributed by atoms with Crippen LogP contribution in [-0.2, 0) is 19.1 Å². The van der Waals surface area contributed by atoms with Crippen molar-refractivity contribution in [1.29, 1.82) is 0 Å². The average Bonchev–Trinajstić information content (AvgIpc) is 3.14. The smallest absolute Gasteiger partial charge is 0.340 e. The lowest BCUT2D eigenvalue weighted by Crippen LogP contribution is -2.24. The Morgan fingerprint density at radius 1 is 0.973 bits per heavy atom. The zero-order chi connectivity index (χ0) is 26.5. The normalized spacial score (nSPS) is 14.2. The lowest BCUT2D eigenvalue weighted by molar-refractivity contribution is -0.136. The zero-order valence-corrected chi connectivity index (χ0v) is 21.3. The molecule has 7 nitrogen and oxygen atoms in total.